The topological polar surface area (TPSA) is 50.4 Å². The Kier molecular flexibility index (Phi) is 7.84. The molecule has 0 unspecified atom stereocenters. The van der Waals surface area contributed by atoms with Crippen LogP contribution in [0.2, 0.25) is 0 Å². The number of methoxy groups -OCH3 is 1. The fraction of sp³-hybridized carbons (Fsp3) is 0.350. The molecule has 0 saturated carbocycles. The minimum atomic E-state index is 0.0707. The fourth-order valence-corrected chi connectivity index (χ4v) is 2.42. The van der Waals surface area contributed by atoms with E-state index in [2.05, 4.69) is 34.9 Å². The van der Waals surface area contributed by atoms with E-state index in [9.17, 15) is 4.79 Å². The van der Waals surface area contributed by atoms with Crippen molar-refractivity contribution in [2.45, 2.75) is 25.8 Å². The van der Waals surface area contributed by atoms with Crippen LogP contribution in [0.25, 0.3) is 0 Å². The van der Waals surface area contributed by atoms with Crippen molar-refractivity contribution in [1.82, 2.24) is 10.6 Å². The SMILES string of the molecule is COc1ccc(CNC(=O)CCNCCCc2ccccc2)cc1. The molecule has 0 bridgehead atoms. The monoisotopic (exact) mass is 326 g/mol. The van der Waals surface area contributed by atoms with Crippen LogP contribution >= 0.6 is 0 Å². The molecule has 128 valence electrons. The highest BCUT2D eigenvalue weighted by Gasteiger charge is 2.01. The second-order valence-corrected chi connectivity index (χ2v) is 5.71. The number of aryl methyl sites for hydroxylation is 1. The van der Waals surface area contributed by atoms with E-state index in [0.717, 1.165) is 30.7 Å². The molecule has 2 aromatic carbocycles. The Hall–Kier alpha value is -2.33. The van der Waals surface area contributed by atoms with Crippen molar-refractivity contribution < 1.29 is 9.53 Å². The summed E-state index contributed by atoms with van der Waals surface area (Å²) in [6.45, 7) is 2.20. The van der Waals surface area contributed by atoms with Crippen molar-refractivity contribution in [2.75, 3.05) is 20.2 Å². The van der Waals surface area contributed by atoms with E-state index in [1.54, 1.807) is 7.11 Å². The Labute approximate surface area is 144 Å². The molecule has 0 atom stereocenters. The highest BCUT2D eigenvalue weighted by molar-refractivity contribution is 5.76. The Balaban J connectivity index is 1.51. The minimum absolute atomic E-state index is 0.0707. The van der Waals surface area contributed by atoms with Crippen molar-refractivity contribution in [1.29, 1.82) is 0 Å². The van der Waals surface area contributed by atoms with Crippen LogP contribution in [0, 0.1) is 0 Å². The first-order valence-corrected chi connectivity index (χ1v) is 8.42. The number of hydrogen-bond acceptors (Lipinski definition) is 3. The van der Waals surface area contributed by atoms with Gasteiger partial charge in [0.2, 0.25) is 5.91 Å². The van der Waals surface area contributed by atoms with Crippen molar-refractivity contribution >= 4 is 5.91 Å². The van der Waals surface area contributed by atoms with Crippen molar-refractivity contribution in [3.05, 3.63) is 65.7 Å². The van der Waals surface area contributed by atoms with Crippen LogP contribution < -0.4 is 15.4 Å². The summed E-state index contributed by atoms with van der Waals surface area (Å²) in [5.41, 5.74) is 2.43. The smallest absolute Gasteiger partial charge is 0.221 e. The first-order valence-electron chi connectivity index (χ1n) is 8.42. The number of carbonyl (C=O) groups is 1. The normalized spacial score (nSPS) is 10.4. The van der Waals surface area contributed by atoms with Gasteiger partial charge < -0.3 is 15.4 Å². The van der Waals surface area contributed by atoms with E-state index >= 15 is 0 Å². The zero-order chi connectivity index (χ0) is 17.0. The quantitative estimate of drug-likeness (QED) is 0.660. The molecule has 2 rings (SSSR count). The highest BCUT2D eigenvalue weighted by atomic mass is 16.5. The molecule has 4 nitrogen and oxygen atoms in total. The number of amides is 1. The standard InChI is InChI=1S/C20H26N2O2/c1-24-19-11-9-18(10-12-19)16-22-20(23)13-15-21-14-5-8-17-6-3-2-4-7-17/h2-4,6-7,9-12,21H,5,8,13-16H2,1H3,(H,22,23). The number of benzene rings is 2. The van der Waals surface area contributed by atoms with Gasteiger partial charge in [-0.15, -0.1) is 0 Å². The van der Waals surface area contributed by atoms with Gasteiger partial charge >= 0.3 is 0 Å². The Morgan fingerprint density at radius 2 is 1.71 bits per heavy atom. The lowest BCUT2D eigenvalue weighted by atomic mass is 10.1. The molecule has 24 heavy (non-hydrogen) atoms. The molecule has 0 fully saturated rings. The molecule has 0 saturated heterocycles. The fourth-order valence-electron chi connectivity index (χ4n) is 2.42. The lowest BCUT2D eigenvalue weighted by molar-refractivity contribution is -0.121. The van der Waals surface area contributed by atoms with Gasteiger partial charge in [0.25, 0.3) is 0 Å². The molecule has 4 heteroatoms. The van der Waals surface area contributed by atoms with Crippen LogP contribution in [0.4, 0.5) is 0 Å². The summed E-state index contributed by atoms with van der Waals surface area (Å²) in [6, 6.07) is 18.2. The molecule has 0 heterocycles. The van der Waals surface area contributed by atoms with E-state index in [0.29, 0.717) is 19.5 Å². The average Bonchev–Trinajstić information content (AvgIpc) is 2.64. The van der Waals surface area contributed by atoms with Crippen LogP contribution in [-0.2, 0) is 17.8 Å². The molecule has 0 aliphatic rings. The van der Waals surface area contributed by atoms with E-state index in [4.69, 9.17) is 4.74 Å². The zero-order valence-corrected chi connectivity index (χ0v) is 14.3. The van der Waals surface area contributed by atoms with E-state index in [1.165, 1.54) is 5.56 Å². The summed E-state index contributed by atoms with van der Waals surface area (Å²) in [5, 5.41) is 6.26. The summed E-state index contributed by atoms with van der Waals surface area (Å²) in [6.07, 6.45) is 2.65. The number of hydrogen-bond donors (Lipinski definition) is 2. The van der Waals surface area contributed by atoms with E-state index in [1.807, 2.05) is 30.3 Å². The molecule has 0 aromatic heterocycles. The number of ether oxygens (including phenoxy) is 1. The molecule has 0 radical (unpaired) electrons. The summed E-state index contributed by atoms with van der Waals surface area (Å²) < 4.78 is 5.11. The van der Waals surface area contributed by atoms with Crippen LogP contribution in [-0.4, -0.2) is 26.1 Å². The van der Waals surface area contributed by atoms with Gasteiger partial charge in [0.1, 0.15) is 5.75 Å². The van der Waals surface area contributed by atoms with Gasteiger partial charge in [-0.3, -0.25) is 4.79 Å². The third-order valence-electron chi connectivity index (χ3n) is 3.84. The Bertz CT molecular complexity index is 597. The van der Waals surface area contributed by atoms with Crippen molar-refractivity contribution in [2.24, 2.45) is 0 Å². The lowest BCUT2D eigenvalue weighted by Gasteiger charge is -2.07. The van der Waals surface area contributed by atoms with Gasteiger partial charge in [0, 0.05) is 19.5 Å². The van der Waals surface area contributed by atoms with Crippen LogP contribution in [0.3, 0.4) is 0 Å². The highest BCUT2D eigenvalue weighted by Crippen LogP contribution is 2.10. The first-order chi connectivity index (χ1) is 11.8. The summed E-state index contributed by atoms with van der Waals surface area (Å²) in [4.78, 5) is 11.8. The van der Waals surface area contributed by atoms with Crippen LogP contribution in [0.1, 0.15) is 24.0 Å². The first kappa shape index (κ1) is 18.0. The van der Waals surface area contributed by atoms with Gasteiger partial charge in [0.15, 0.2) is 0 Å². The predicted octanol–water partition coefficient (Wildman–Crippen LogP) is 2.92. The molecule has 1 amide bonds. The number of rotatable bonds is 10. The molecule has 0 spiro atoms. The third kappa shape index (κ3) is 6.84. The van der Waals surface area contributed by atoms with Gasteiger partial charge in [-0.2, -0.15) is 0 Å². The maximum Gasteiger partial charge on any atom is 0.221 e. The van der Waals surface area contributed by atoms with Gasteiger partial charge in [-0.25, -0.2) is 0 Å². The molecule has 0 aliphatic carbocycles. The number of nitrogens with one attached hydrogen (secondary N) is 2. The minimum Gasteiger partial charge on any atom is -0.497 e. The third-order valence-corrected chi connectivity index (χ3v) is 3.84. The Morgan fingerprint density at radius 1 is 0.958 bits per heavy atom. The van der Waals surface area contributed by atoms with Crippen LogP contribution in [0.5, 0.6) is 5.75 Å². The van der Waals surface area contributed by atoms with E-state index < -0.39 is 0 Å². The summed E-state index contributed by atoms with van der Waals surface area (Å²) >= 11 is 0. The Morgan fingerprint density at radius 3 is 2.42 bits per heavy atom. The van der Waals surface area contributed by atoms with Crippen molar-refractivity contribution in [3.8, 4) is 5.75 Å². The molecule has 2 aromatic rings. The van der Waals surface area contributed by atoms with Crippen molar-refractivity contribution in [3.63, 3.8) is 0 Å². The summed E-state index contributed by atoms with van der Waals surface area (Å²) in [5.74, 6) is 0.895. The maximum absolute atomic E-state index is 11.8. The van der Waals surface area contributed by atoms with Gasteiger partial charge in [-0.05, 0) is 42.6 Å². The summed E-state index contributed by atoms with van der Waals surface area (Å²) in [7, 11) is 1.64. The van der Waals surface area contributed by atoms with Gasteiger partial charge in [-0.1, -0.05) is 42.5 Å². The van der Waals surface area contributed by atoms with E-state index in [-0.39, 0.29) is 5.91 Å². The zero-order valence-electron chi connectivity index (χ0n) is 14.3. The lowest BCUT2D eigenvalue weighted by Crippen LogP contribution is -2.27. The maximum atomic E-state index is 11.8. The predicted molar refractivity (Wildman–Crippen MR) is 97.1 cm³/mol. The van der Waals surface area contributed by atoms with Gasteiger partial charge in [0.05, 0.1) is 7.11 Å². The molecular formula is C20H26N2O2. The molecule has 2 N–H and O–H groups in total. The average molecular weight is 326 g/mol. The van der Waals surface area contributed by atoms with Crippen LogP contribution in [0.15, 0.2) is 54.6 Å². The molecular weight excluding hydrogens is 300 g/mol. The number of carbonyl (C=O) groups excluding carboxylic acids is 1. The second kappa shape index (κ2) is 10.4. The second-order valence-electron chi connectivity index (χ2n) is 5.71. The molecule has 0 aliphatic heterocycles. The largest absolute Gasteiger partial charge is 0.497 e.